The van der Waals surface area contributed by atoms with E-state index in [4.69, 9.17) is 9.26 Å². The van der Waals surface area contributed by atoms with E-state index in [0.29, 0.717) is 5.76 Å². The lowest BCUT2D eigenvalue weighted by Gasteiger charge is -2.24. The molecule has 1 N–H and O–H groups in total. The van der Waals surface area contributed by atoms with Crippen molar-refractivity contribution in [2.45, 2.75) is 32.8 Å². The van der Waals surface area contributed by atoms with E-state index in [1.54, 1.807) is 13.0 Å². The highest BCUT2D eigenvalue weighted by Crippen LogP contribution is 2.27. The normalized spacial score (nSPS) is 12.0. The van der Waals surface area contributed by atoms with Gasteiger partial charge in [-0.15, -0.1) is 0 Å². The molecule has 6 nitrogen and oxygen atoms in total. The van der Waals surface area contributed by atoms with Crippen LogP contribution in [0.1, 0.15) is 36.7 Å². The van der Waals surface area contributed by atoms with Crippen molar-refractivity contribution < 1.29 is 18.8 Å². The first-order chi connectivity index (χ1) is 14.0. The molecule has 0 saturated heterocycles. The van der Waals surface area contributed by atoms with Gasteiger partial charge in [-0.25, -0.2) is 0 Å². The second-order valence-electron chi connectivity index (χ2n) is 7.17. The average molecular weight is 392 g/mol. The SMILES string of the molecule is Cc1cc(NC(=O)[C@@H](OC(=O)C(c2ccccc2)c2ccccc2)C(C)C)no1. The average Bonchev–Trinajstić information content (AvgIpc) is 3.12. The first kappa shape index (κ1) is 20.3. The largest absolute Gasteiger partial charge is 0.451 e. The van der Waals surface area contributed by atoms with E-state index in [1.807, 2.05) is 74.5 Å². The minimum atomic E-state index is -0.963. The summed E-state index contributed by atoms with van der Waals surface area (Å²) in [6.07, 6.45) is -0.963. The zero-order valence-corrected chi connectivity index (χ0v) is 16.7. The number of rotatable bonds is 7. The lowest BCUT2D eigenvalue weighted by Crippen LogP contribution is -2.38. The first-order valence-corrected chi connectivity index (χ1v) is 9.50. The maximum Gasteiger partial charge on any atom is 0.318 e. The molecule has 1 aromatic heterocycles. The van der Waals surface area contributed by atoms with Gasteiger partial charge in [0.25, 0.3) is 5.91 Å². The highest BCUT2D eigenvalue weighted by molar-refractivity contribution is 5.95. The molecule has 3 rings (SSSR count). The summed E-state index contributed by atoms with van der Waals surface area (Å²) in [5.41, 5.74) is 1.61. The number of carbonyl (C=O) groups is 2. The number of amides is 1. The smallest absolute Gasteiger partial charge is 0.318 e. The Morgan fingerprint density at radius 3 is 1.97 bits per heavy atom. The third-order valence-corrected chi connectivity index (χ3v) is 4.49. The number of anilines is 1. The van der Waals surface area contributed by atoms with Crippen LogP contribution in [-0.2, 0) is 14.3 Å². The molecule has 0 aliphatic carbocycles. The lowest BCUT2D eigenvalue weighted by atomic mass is 9.91. The molecule has 0 fully saturated rings. The third kappa shape index (κ3) is 5.10. The monoisotopic (exact) mass is 392 g/mol. The van der Waals surface area contributed by atoms with Crippen molar-refractivity contribution in [3.63, 3.8) is 0 Å². The van der Waals surface area contributed by atoms with Crippen LogP contribution in [0.2, 0.25) is 0 Å². The first-order valence-electron chi connectivity index (χ1n) is 9.50. The van der Waals surface area contributed by atoms with Gasteiger partial charge in [-0.3, -0.25) is 9.59 Å². The number of hydrogen-bond acceptors (Lipinski definition) is 5. The zero-order valence-electron chi connectivity index (χ0n) is 16.7. The molecule has 1 atom stereocenters. The highest BCUT2D eigenvalue weighted by Gasteiger charge is 2.32. The molecule has 0 spiro atoms. The predicted octanol–water partition coefficient (Wildman–Crippen LogP) is 4.32. The predicted molar refractivity (Wildman–Crippen MR) is 109 cm³/mol. The van der Waals surface area contributed by atoms with Crippen LogP contribution in [0.25, 0.3) is 0 Å². The summed E-state index contributed by atoms with van der Waals surface area (Å²) in [5.74, 6) is -0.905. The van der Waals surface area contributed by atoms with Gasteiger partial charge in [0.05, 0.1) is 0 Å². The molecule has 0 aliphatic rings. The van der Waals surface area contributed by atoms with E-state index in [2.05, 4.69) is 10.5 Å². The Bertz CT molecular complexity index is 912. The summed E-state index contributed by atoms with van der Waals surface area (Å²) in [4.78, 5) is 25.9. The van der Waals surface area contributed by atoms with E-state index in [9.17, 15) is 9.59 Å². The number of carbonyl (C=O) groups excluding carboxylic acids is 2. The maximum atomic E-state index is 13.2. The Hall–Kier alpha value is -3.41. The van der Waals surface area contributed by atoms with Gasteiger partial charge in [0.2, 0.25) is 0 Å². The second-order valence-corrected chi connectivity index (χ2v) is 7.17. The highest BCUT2D eigenvalue weighted by atomic mass is 16.5. The Balaban J connectivity index is 1.83. The number of nitrogens with one attached hydrogen (secondary N) is 1. The van der Waals surface area contributed by atoms with E-state index in [1.165, 1.54) is 0 Å². The molecule has 3 aromatic rings. The number of hydrogen-bond donors (Lipinski definition) is 1. The molecule has 0 bridgehead atoms. The van der Waals surface area contributed by atoms with Gasteiger partial charge >= 0.3 is 5.97 Å². The van der Waals surface area contributed by atoms with E-state index < -0.39 is 23.9 Å². The Morgan fingerprint density at radius 2 is 1.52 bits per heavy atom. The number of ether oxygens (including phenoxy) is 1. The number of esters is 1. The number of aromatic nitrogens is 1. The van der Waals surface area contributed by atoms with Gasteiger partial charge in [-0.2, -0.15) is 0 Å². The molecule has 6 heteroatoms. The minimum Gasteiger partial charge on any atom is -0.451 e. The van der Waals surface area contributed by atoms with Crippen LogP contribution in [0.15, 0.2) is 71.3 Å². The quantitative estimate of drug-likeness (QED) is 0.606. The van der Waals surface area contributed by atoms with Crippen LogP contribution in [-0.4, -0.2) is 23.1 Å². The van der Waals surface area contributed by atoms with Crippen LogP contribution < -0.4 is 5.32 Å². The molecule has 1 amide bonds. The Labute approximate surface area is 169 Å². The van der Waals surface area contributed by atoms with Crippen LogP contribution in [0, 0.1) is 12.8 Å². The number of benzene rings is 2. The van der Waals surface area contributed by atoms with Crippen molar-refractivity contribution in [2.75, 3.05) is 5.32 Å². The van der Waals surface area contributed by atoms with Crippen molar-refractivity contribution >= 4 is 17.7 Å². The molecule has 0 aliphatic heterocycles. The van der Waals surface area contributed by atoms with Crippen LogP contribution in [0.3, 0.4) is 0 Å². The molecular formula is C23H24N2O4. The summed E-state index contributed by atoms with van der Waals surface area (Å²) >= 11 is 0. The van der Waals surface area contributed by atoms with E-state index in [-0.39, 0.29) is 11.7 Å². The van der Waals surface area contributed by atoms with E-state index >= 15 is 0 Å². The topological polar surface area (TPSA) is 81.4 Å². The fraction of sp³-hybridized carbons (Fsp3) is 0.261. The second kappa shape index (κ2) is 9.19. The summed E-state index contributed by atoms with van der Waals surface area (Å²) in [5, 5.41) is 6.41. The van der Waals surface area contributed by atoms with Gasteiger partial charge in [-0.1, -0.05) is 79.7 Å². The number of aryl methyl sites for hydroxylation is 1. The zero-order chi connectivity index (χ0) is 20.8. The Morgan fingerprint density at radius 1 is 0.966 bits per heavy atom. The summed E-state index contributed by atoms with van der Waals surface area (Å²) < 4.78 is 10.7. The maximum absolute atomic E-state index is 13.2. The summed E-state index contributed by atoms with van der Waals surface area (Å²) in [7, 11) is 0. The molecule has 2 aromatic carbocycles. The number of nitrogens with zero attached hydrogens (tertiary/aromatic N) is 1. The molecule has 150 valence electrons. The molecule has 0 unspecified atom stereocenters. The molecular weight excluding hydrogens is 368 g/mol. The van der Waals surface area contributed by atoms with Crippen molar-refractivity contribution in [3.8, 4) is 0 Å². The van der Waals surface area contributed by atoms with Gasteiger partial charge in [-0.05, 0) is 24.0 Å². The van der Waals surface area contributed by atoms with Gasteiger partial charge in [0.15, 0.2) is 11.9 Å². The molecule has 0 radical (unpaired) electrons. The minimum absolute atomic E-state index is 0.223. The fourth-order valence-corrected chi connectivity index (χ4v) is 3.06. The van der Waals surface area contributed by atoms with Crippen LogP contribution in [0.4, 0.5) is 5.82 Å². The van der Waals surface area contributed by atoms with E-state index in [0.717, 1.165) is 11.1 Å². The van der Waals surface area contributed by atoms with Crippen molar-refractivity contribution in [1.29, 1.82) is 0 Å². The third-order valence-electron chi connectivity index (χ3n) is 4.49. The lowest BCUT2D eigenvalue weighted by molar-refractivity contribution is -0.157. The van der Waals surface area contributed by atoms with Gasteiger partial charge < -0.3 is 14.6 Å². The molecule has 1 heterocycles. The van der Waals surface area contributed by atoms with Gasteiger partial charge in [0, 0.05) is 6.07 Å². The summed E-state index contributed by atoms with van der Waals surface area (Å²) in [6.45, 7) is 5.38. The van der Waals surface area contributed by atoms with Crippen molar-refractivity contribution in [3.05, 3.63) is 83.6 Å². The molecule has 0 saturated carbocycles. The summed E-state index contributed by atoms with van der Waals surface area (Å²) in [6, 6.07) is 20.4. The van der Waals surface area contributed by atoms with Crippen LogP contribution >= 0.6 is 0 Å². The van der Waals surface area contributed by atoms with Gasteiger partial charge in [0.1, 0.15) is 11.7 Å². The standard InChI is InChI=1S/C23H24N2O4/c1-15(2)21(22(26)24-19-14-16(3)29-25-19)28-23(27)20(17-10-6-4-7-11-17)18-12-8-5-9-13-18/h4-15,20-21H,1-3H3,(H,24,25,26)/t21-/m0/s1. The van der Waals surface area contributed by atoms with Crippen LogP contribution in [0.5, 0.6) is 0 Å². The Kier molecular flexibility index (Phi) is 6.44. The fourth-order valence-electron chi connectivity index (χ4n) is 3.06. The van der Waals surface area contributed by atoms with Crippen molar-refractivity contribution in [2.24, 2.45) is 5.92 Å². The van der Waals surface area contributed by atoms with Crippen molar-refractivity contribution in [1.82, 2.24) is 5.16 Å². The molecule has 29 heavy (non-hydrogen) atoms.